The number of carbonyl (C=O) groups is 4. The number of carbonyl (C=O) groups excluding carboxylic acids is 4. The highest BCUT2D eigenvalue weighted by Crippen LogP contribution is 2.21. The van der Waals surface area contributed by atoms with Gasteiger partial charge in [-0.1, -0.05) is 72.8 Å². The molecule has 1 fully saturated rings. The average molecular weight is 571 g/mol. The molecule has 1 aliphatic rings. The number of phenols is 1. The minimum atomic E-state index is -0.902. The Kier molecular flexibility index (Phi) is 10.4. The van der Waals surface area contributed by atoms with Crippen LogP contribution in [0.2, 0.25) is 0 Å². The van der Waals surface area contributed by atoms with Gasteiger partial charge >= 0.3 is 0 Å². The molecule has 0 spiro atoms. The Morgan fingerprint density at radius 1 is 0.833 bits per heavy atom. The van der Waals surface area contributed by atoms with Gasteiger partial charge in [-0.2, -0.15) is 0 Å². The van der Waals surface area contributed by atoms with E-state index in [0.29, 0.717) is 25.8 Å². The van der Waals surface area contributed by atoms with Gasteiger partial charge in [0.25, 0.3) is 0 Å². The molecule has 4 atom stereocenters. The van der Waals surface area contributed by atoms with E-state index in [0.717, 1.165) is 16.7 Å². The standard InChI is InChI=1S/C33H38N4O5/c34-27(19-24-13-15-26(38)16-14-24)33(42)37-17-7-12-29(37)32(41)36-28(20-23-10-5-2-6-11-23)30(39)21-25(31(35)40)18-22-8-3-1-4-9-22/h1-6,8-11,13-16,25,27-29,38H,7,12,17-21,34H2,(H2,35,40)(H,36,41)/t25?,27?,28?,29-/m0/s1. The van der Waals surface area contributed by atoms with Gasteiger partial charge in [0.2, 0.25) is 17.7 Å². The van der Waals surface area contributed by atoms with Crippen LogP contribution in [0, 0.1) is 5.92 Å². The van der Waals surface area contributed by atoms with Gasteiger partial charge < -0.3 is 26.8 Å². The highest BCUT2D eigenvalue weighted by Gasteiger charge is 2.38. The molecule has 3 aromatic carbocycles. The van der Waals surface area contributed by atoms with Gasteiger partial charge in [0.05, 0.1) is 12.1 Å². The normalized spacial score (nSPS) is 16.8. The second kappa shape index (κ2) is 14.4. The van der Waals surface area contributed by atoms with E-state index in [2.05, 4.69) is 5.32 Å². The van der Waals surface area contributed by atoms with E-state index in [1.54, 1.807) is 12.1 Å². The van der Waals surface area contributed by atoms with Gasteiger partial charge in [-0.05, 0) is 60.9 Å². The molecule has 220 valence electrons. The fraction of sp³-hybridized carbons (Fsp3) is 0.333. The number of primary amides is 1. The van der Waals surface area contributed by atoms with Crippen molar-refractivity contribution in [1.82, 2.24) is 10.2 Å². The summed E-state index contributed by atoms with van der Waals surface area (Å²) in [7, 11) is 0. The molecule has 1 heterocycles. The monoisotopic (exact) mass is 570 g/mol. The van der Waals surface area contributed by atoms with E-state index in [-0.39, 0.29) is 36.7 Å². The zero-order valence-corrected chi connectivity index (χ0v) is 23.5. The van der Waals surface area contributed by atoms with Crippen molar-refractivity contribution in [3.63, 3.8) is 0 Å². The van der Waals surface area contributed by atoms with Gasteiger partial charge in [0, 0.05) is 18.9 Å². The first-order valence-electron chi connectivity index (χ1n) is 14.3. The molecular formula is C33H38N4O5. The van der Waals surface area contributed by atoms with Gasteiger partial charge in [-0.25, -0.2) is 0 Å². The highest BCUT2D eigenvalue weighted by molar-refractivity contribution is 5.95. The Morgan fingerprint density at radius 3 is 2.00 bits per heavy atom. The Hall–Kier alpha value is -4.50. The number of hydrogen-bond acceptors (Lipinski definition) is 6. The summed E-state index contributed by atoms with van der Waals surface area (Å²) in [5.74, 6) is -2.25. The molecule has 1 saturated heterocycles. The molecule has 42 heavy (non-hydrogen) atoms. The second-order valence-corrected chi connectivity index (χ2v) is 10.9. The Bertz CT molecular complexity index is 1360. The van der Waals surface area contributed by atoms with Gasteiger partial charge in [0.15, 0.2) is 5.78 Å². The number of rotatable bonds is 13. The lowest BCUT2D eigenvalue weighted by molar-refractivity contribution is -0.140. The van der Waals surface area contributed by atoms with Crippen molar-refractivity contribution in [3.8, 4) is 5.75 Å². The SMILES string of the molecule is NC(=O)C(CC(=O)C(Cc1ccccc1)NC(=O)[C@@H]1CCCN1C(=O)C(N)Cc1ccc(O)cc1)Cc1ccccc1. The smallest absolute Gasteiger partial charge is 0.243 e. The summed E-state index contributed by atoms with van der Waals surface area (Å²) in [4.78, 5) is 54.3. The minimum absolute atomic E-state index is 0.118. The second-order valence-electron chi connectivity index (χ2n) is 10.9. The van der Waals surface area contributed by atoms with E-state index in [1.165, 1.54) is 17.0 Å². The van der Waals surface area contributed by atoms with Crippen LogP contribution >= 0.6 is 0 Å². The molecule has 0 aromatic heterocycles. The lowest BCUT2D eigenvalue weighted by atomic mass is 9.89. The third-order valence-corrected chi connectivity index (χ3v) is 7.71. The Morgan fingerprint density at radius 2 is 1.40 bits per heavy atom. The van der Waals surface area contributed by atoms with Crippen LogP contribution in [-0.4, -0.2) is 58.2 Å². The number of nitrogens with one attached hydrogen (secondary N) is 1. The van der Waals surface area contributed by atoms with E-state index in [1.807, 2.05) is 60.7 Å². The van der Waals surface area contributed by atoms with E-state index >= 15 is 0 Å². The fourth-order valence-electron chi connectivity index (χ4n) is 5.41. The number of aromatic hydroxyl groups is 1. The summed E-state index contributed by atoms with van der Waals surface area (Å²) < 4.78 is 0. The number of amides is 3. The third-order valence-electron chi connectivity index (χ3n) is 7.71. The number of Topliss-reactive ketones (excluding diaryl/α,β-unsaturated/α-hetero) is 1. The quantitative estimate of drug-likeness (QED) is 0.247. The summed E-state index contributed by atoms with van der Waals surface area (Å²) in [6, 6.07) is 22.6. The Balaban J connectivity index is 1.46. The van der Waals surface area contributed by atoms with Crippen LogP contribution in [-0.2, 0) is 38.4 Å². The molecule has 3 aromatic rings. The lowest BCUT2D eigenvalue weighted by Gasteiger charge is -2.28. The molecule has 3 amide bonds. The van der Waals surface area contributed by atoms with Crippen LogP contribution in [0.5, 0.6) is 5.75 Å². The molecule has 1 aliphatic heterocycles. The Labute approximate surface area is 245 Å². The van der Waals surface area contributed by atoms with E-state index in [9.17, 15) is 24.3 Å². The number of nitrogens with two attached hydrogens (primary N) is 2. The van der Waals surface area contributed by atoms with Gasteiger partial charge in [-0.15, -0.1) is 0 Å². The number of phenolic OH excluding ortho intramolecular Hbond substituents is 1. The molecular weight excluding hydrogens is 532 g/mol. The van der Waals surface area contributed by atoms with Gasteiger partial charge in [0.1, 0.15) is 11.8 Å². The lowest BCUT2D eigenvalue weighted by Crippen LogP contribution is -2.54. The first-order chi connectivity index (χ1) is 20.2. The molecule has 9 nitrogen and oxygen atoms in total. The van der Waals surface area contributed by atoms with E-state index in [4.69, 9.17) is 11.5 Å². The molecule has 0 radical (unpaired) electrons. The molecule has 6 N–H and O–H groups in total. The molecule has 0 bridgehead atoms. The molecule has 9 heteroatoms. The number of nitrogens with zero attached hydrogens (tertiary/aromatic N) is 1. The molecule has 0 saturated carbocycles. The van der Waals surface area contributed by atoms with Crippen LogP contribution in [0.4, 0.5) is 0 Å². The van der Waals surface area contributed by atoms with Crippen molar-refractivity contribution in [1.29, 1.82) is 0 Å². The summed E-state index contributed by atoms with van der Waals surface area (Å²) in [6.45, 7) is 0.387. The molecule has 3 unspecified atom stereocenters. The maximum atomic E-state index is 13.6. The van der Waals surface area contributed by atoms with Gasteiger partial charge in [-0.3, -0.25) is 19.2 Å². The number of likely N-dealkylation sites (tertiary alicyclic amines) is 1. The summed E-state index contributed by atoms with van der Waals surface area (Å²) in [5, 5.41) is 12.4. The summed E-state index contributed by atoms with van der Waals surface area (Å²) >= 11 is 0. The fourth-order valence-corrected chi connectivity index (χ4v) is 5.41. The number of benzene rings is 3. The number of ketones is 1. The van der Waals surface area contributed by atoms with Crippen LogP contribution in [0.25, 0.3) is 0 Å². The largest absolute Gasteiger partial charge is 0.508 e. The predicted molar refractivity (Wildman–Crippen MR) is 159 cm³/mol. The topological polar surface area (TPSA) is 156 Å². The van der Waals surface area contributed by atoms with Crippen molar-refractivity contribution >= 4 is 23.5 Å². The first-order valence-corrected chi connectivity index (χ1v) is 14.3. The molecule has 0 aliphatic carbocycles. The zero-order chi connectivity index (χ0) is 30.1. The molecule has 4 rings (SSSR count). The average Bonchev–Trinajstić information content (AvgIpc) is 3.48. The summed E-state index contributed by atoms with van der Waals surface area (Å²) in [6.07, 6.45) is 1.78. The maximum Gasteiger partial charge on any atom is 0.243 e. The van der Waals surface area contributed by atoms with Crippen LogP contribution in [0.1, 0.15) is 36.0 Å². The van der Waals surface area contributed by atoms with Crippen LogP contribution in [0.3, 0.4) is 0 Å². The van der Waals surface area contributed by atoms with Crippen molar-refractivity contribution in [2.45, 2.75) is 56.7 Å². The van der Waals surface area contributed by atoms with Crippen molar-refractivity contribution in [3.05, 3.63) is 102 Å². The maximum absolute atomic E-state index is 13.6. The van der Waals surface area contributed by atoms with Crippen molar-refractivity contribution in [2.24, 2.45) is 17.4 Å². The first kappa shape index (κ1) is 30.5. The van der Waals surface area contributed by atoms with E-state index < -0.39 is 35.9 Å². The van der Waals surface area contributed by atoms with Crippen LogP contribution < -0.4 is 16.8 Å². The zero-order valence-electron chi connectivity index (χ0n) is 23.5. The minimum Gasteiger partial charge on any atom is -0.508 e. The third kappa shape index (κ3) is 8.27. The van der Waals surface area contributed by atoms with Crippen molar-refractivity contribution < 1.29 is 24.3 Å². The van der Waals surface area contributed by atoms with Crippen molar-refractivity contribution in [2.75, 3.05) is 6.54 Å². The number of hydrogen-bond donors (Lipinski definition) is 4. The summed E-state index contributed by atoms with van der Waals surface area (Å²) in [5.41, 5.74) is 14.5. The highest BCUT2D eigenvalue weighted by atomic mass is 16.3. The van der Waals surface area contributed by atoms with Crippen LogP contribution in [0.15, 0.2) is 84.9 Å². The predicted octanol–water partition coefficient (Wildman–Crippen LogP) is 2.28.